The van der Waals surface area contributed by atoms with Gasteiger partial charge in [-0.15, -0.1) is 0 Å². The maximum absolute atomic E-state index is 13.6. The molecule has 0 aliphatic heterocycles. The van der Waals surface area contributed by atoms with Crippen LogP contribution in [0.15, 0.2) is 24.3 Å². The summed E-state index contributed by atoms with van der Waals surface area (Å²) in [4.78, 5) is 8.88. The van der Waals surface area contributed by atoms with E-state index in [1.165, 1.54) is 6.07 Å². The predicted molar refractivity (Wildman–Crippen MR) is 84.6 cm³/mol. The quantitative estimate of drug-likeness (QED) is 0.842. The molecule has 4 nitrogen and oxygen atoms in total. The van der Waals surface area contributed by atoms with Crippen LogP contribution in [0, 0.1) is 12.7 Å². The van der Waals surface area contributed by atoms with Gasteiger partial charge in [0.15, 0.2) is 0 Å². The van der Waals surface area contributed by atoms with Gasteiger partial charge in [0, 0.05) is 30.3 Å². The number of benzene rings is 1. The molecular formula is C16H21FN4. The van der Waals surface area contributed by atoms with Crippen LogP contribution in [0.2, 0.25) is 0 Å². The van der Waals surface area contributed by atoms with Crippen molar-refractivity contribution in [3.63, 3.8) is 0 Å². The van der Waals surface area contributed by atoms with Gasteiger partial charge in [0.05, 0.1) is 0 Å². The number of hydrogen-bond donors (Lipinski definition) is 2. The summed E-state index contributed by atoms with van der Waals surface area (Å²) in [6.07, 6.45) is 1.77. The van der Waals surface area contributed by atoms with Crippen LogP contribution in [0.3, 0.4) is 0 Å². The molecule has 0 saturated heterocycles. The first-order chi connectivity index (χ1) is 10.1. The van der Waals surface area contributed by atoms with E-state index in [1.54, 1.807) is 13.0 Å². The van der Waals surface area contributed by atoms with E-state index >= 15 is 0 Å². The van der Waals surface area contributed by atoms with Crippen molar-refractivity contribution in [1.29, 1.82) is 0 Å². The number of hydrogen-bond acceptors (Lipinski definition) is 4. The SMILES string of the molecule is CCCNc1cc(Nc2cccc(F)c2C)nc(CC)n1. The van der Waals surface area contributed by atoms with Crippen LogP contribution < -0.4 is 10.6 Å². The van der Waals surface area contributed by atoms with Crippen LogP contribution in [-0.4, -0.2) is 16.5 Å². The number of nitrogens with one attached hydrogen (secondary N) is 2. The normalized spacial score (nSPS) is 10.5. The van der Waals surface area contributed by atoms with E-state index in [4.69, 9.17) is 0 Å². The first-order valence-corrected chi connectivity index (χ1v) is 7.28. The van der Waals surface area contributed by atoms with Gasteiger partial charge in [-0.3, -0.25) is 0 Å². The number of nitrogens with zero attached hydrogens (tertiary/aromatic N) is 2. The lowest BCUT2D eigenvalue weighted by Crippen LogP contribution is -2.07. The van der Waals surface area contributed by atoms with Gasteiger partial charge in [-0.05, 0) is 25.5 Å². The van der Waals surface area contributed by atoms with Gasteiger partial charge in [0.25, 0.3) is 0 Å². The monoisotopic (exact) mass is 288 g/mol. The molecule has 1 aromatic carbocycles. The summed E-state index contributed by atoms with van der Waals surface area (Å²) < 4.78 is 13.6. The van der Waals surface area contributed by atoms with Crippen molar-refractivity contribution in [2.24, 2.45) is 0 Å². The third kappa shape index (κ3) is 3.90. The maximum Gasteiger partial charge on any atom is 0.136 e. The molecule has 0 saturated carbocycles. The zero-order chi connectivity index (χ0) is 15.2. The van der Waals surface area contributed by atoms with E-state index in [-0.39, 0.29) is 5.82 Å². The Hall–Kier alpha value is -2.17. The fraction of sp³-hybridized carbons (Fsp3) is 0.375. The summed E-state index contributed by atoms with van der Waals surface area (Å²) in [6.45, 7) is 6.72. The van der Waals surface area contributed by atoms with Gasteiger partial charge < -0.3 is 10.6 Å². The minimum atomic E-state index is -0.228. The molecule has 1 heterocycles. The molecule has 0 spiro atoms. The van der Waals surface area contributed by atoms with Crippen molar-refractivity contribution >= 4 is 17.3 Å². The predicted octanol–water partition coefficient (Wildman–Crippen LogP) is 4.05. The molecule has 0 amide bonds. The Bertz CT molecular complexity index is 613. The van der Waals surface area contributed by atoms with Gasteiger partial charge in [0.1, 0.15) is 23.3 Å². The van der Waals surface area contributed by atoms with Crippen LogP contribution in [-0.2, 0) is 6.42 Å². The molecule has 1 aromatic heterocycles. The second-order valence-corrected chi connectivity index (χ2v) is 4.87. The first-order valence-electron chi connectivity index (χ1n) is 7.28. The van der Waals surface area contributed by atoms with E-state index in [9.17, 15) is 4.39 Å². The zero-order valence-electron chi connectivity index (χ0n) is 12.7. The summed E-state index contributed by atoms with van der Waals surface area (Å²) in [5, 5.41) is 6.43. The lowest BCUT2D eigenvalue weighted by molar-refractivity contribution is 0.619. The van der Waals surface area contributed by atoms with Crippen molar-refractivity contribution in [1.82, 2.24) is 9.97 Å². The van der Waals surface area contributed by atoms with Crippen LogP contribution in [0.1, 0.15) is 31.7 Å². The first kappa shape index (κ1) is 15.2. The van der Waals surface area contributed by atoms with E-state index in [1.807, 2.05) is 19.1 Å². The van der Waals surface area contributed by atoms with Crippen LogP contribution in [0.5, 0.6) is 0 Å². The van der Waals surface area contributed by atoms with Crippen molar-refractivity contribution < 1.29 is 4.39 Å². The Labute approximate surface area is 124 Å². The summed E-state index contributed by atoms with van der Waals surface area (Å²) in [6, 6.07) is 6.82. The second kappa shape index (κ2) is 7.02. The molecule has 112 valence electrons. The van der Waals surface area contributed by atoms with Crippen molar-refractivity contribution in [2.75, 3.05) is 17.2 Å². The average molecular weight is 288 g/mol. The molecule has 21 heavy (non-hydrogen) atoms. The third-order valence-electron chi connectivity index (χ3n) is 3.18. The molecular weight excluding hydrogens is 267 g/mol. The third-order valence-corrected chi connectivity index (χ3v) is 3.18. The Kier molecular flexibility index (Phi) is 5.09. The highest BCUT2D eigenvalue weighted by molar-refractivity contribution is 5.62. The largest absolute Gasteiger partial charge is 0.370 e. The second-order valence-electron chi connectivity index (χ2n) is 4.87. The zero-order valence-corrected chi connectivity index (χ0v) is 12.7. The Morgan fingerprint density at radius 2 is 1.90 bits per heavy atom. The summed E-state index contributed by atoms with van der Waals surface area (Å²) >= 11 is 0. The summed E-state index contributed by atoms with van der Waals surface area (Å²) in [5.41, 5.74) is 1.30. The molecule has 0 aliphatic rings. The molecule has 0 unspecified atom stereocenters. The smallest absolute Gasteiger partial charge is 0.136 e. The minimum absolute atomic E-state index is 0.228. The summed E-state index contributed by atoms with van der Waals surface area (Å²) in [5.74, 6) is 2.00. The van der Waals surface area contributed by atoms with Crippen LogP contribution in [0.25, 0.3) is 0 Å². The Morgan fingerprint density at radius 3 is 2.62 bits per heavy atom. The molecule has 2 aromatic rings. The van der Waals surface area contributed by atoms with E-state index < -0.39 is 0 Å². The molecule has 0 bridgehead atoms. The lowest BCUT2D eigenvalue weighted by atomic mass is 10.2. The van der Waals surface area contributed by atoms with E-state index in [2.05, 4.69) is 27.5 Å². The Balaban J connectivity index is 2.28. The van der Waals surface area contributed by atoms with Crippen molar-refractivity contribution in [3.05, 3.63) is 41.5 Å². The standard InChI is InChI=1S/C16H21FN4/c1-4-9-18-15-10-16(21-14(5-2)20-15)19-13-8-6-7-12(17)11(13)3/h6-8,10H,4-5,9H2,1-3H3,(H2,18,19,20,21). The number of rotatable bonds is 6. The highest BCUT2D eigenvalue weighted by atomic mass is 19.1. The molecule has 2 rings (SSSR count). The van der Waals surface area contributed by atoms with Gasteiger partial charge in [0.2, 0.25) is 0 Å². The topological polar surface area (TPSA) is 49.8 Å². The van der Waals surface area contributed by atoms with Gasteiger partial charge in [-0.2, -0.15) is 0 Å². The van der Waals surface area contributed by atoms with Gasteiger partial charge in [-0.25, -0.2) is 14.4 Å². The van der Waals surface area contributed by atoms with Gasteiger partial charge in [-0.1, -0.05) is 19.9 Å². The average Bonchev–Trinajstić information content (AvgIpc) is 2.49. The number of anilines is 3. The number of aromatic nitrogens is 2. The van der Waals surface area contributed by atoms with Crippen LogP contribution in [0.4, 0.5) is 21.7 Å². The number of aryl methyl sites for hydroxylation is 1. The van der Waals surface area contributed by atoms with Crippen LogP contribution >= 0.6 is 0 Å². The van der Waals surface area contributed by atoms with Gasteiger partial charge >= 0.3 is 0 Å². The fourth-order valence-electron chi connectivity index (χ4n) is 1.94. The fourth-order valence-corrected chi connectivity index (χ4v) is 1.94. The van der Waals surface area contributed by atoms with E-state index in [0.717, 1.165) is 36.7 Å². The van der Waals surface area contributed by atoms with Crippen molar-refractivity contribution in [2.45, 2.75) is 33.6 Å². The molecule has 5 heteroatoms. The lowest BCUT2D eigenvalue weighted by Gasteiger charge is -2.12. The molecule has 0 aliphatic carbocycles. The molecule has 0 radical (unpaired) electrons. The van der Waals surface area contributed by atoms with Crippen molar-refractivity contribution in [3.8, 4) is 0 Å². The maximum atomic E-state index is 13.6. The highest BCUT2D eigenvalue weighted by Crippen LogP contribution is 2.22. The minimum Gasteiger partial charge on any atom is -0.370 e. The molecule has 0 atom stereocenters. The number of halogens is 1. The highest BCUT2D eigenvalue weighted by Gasteiger charge is 2.07. The Morgan fingerprint density at radius 1 is 1.14 bits per heavy atom. The molecule has 0 fully saturated rings. The van der Waals surface area contributed by atoms with E-state index in [0.29, 0.717) is 11.4 Å². The summed E-state index contributed by atoms with van der Waals surface area (Å²) in [7, 11) is 0. The molecule has 2 N–H and O–H groups in total.